The van der Waals surface area contributed by atoms with Crippen LogP contribution in [0.4, 0.5) is 5.13 Å². The van der Waals surface area contributed by atoms with E-state index in [0.29, 0.717) is 17.5 Å². The highest BCUT2D eigenvalue weighted by Gasteiger charge is 2.39. The van der Waals surface area contributed by atoms with Crippen LogP contribution in [-0.2, 0) is 19.6 Å². The van der Waals surface area contributed by atoms with Crippen molar-refractivity contribution >= 4 is 38.3 Å². The van der Waals surface area contributed by atoms with E-state index >= 15 is 0 Å². The number of rotatable bonds is 7. The van der Waals surface area contributed by atoms with Gasteiger partial charge in [-0.15, -0.1) is 11.3 Å². The van der Waals surface area contributed by atoms with E-state index in [9.17, 15) is 23.1 Å². The molecular weight excluding hydrogens is 464 g/mol. The summed E-state index contributed by atoms with van der Waals surface area (Å²) in [5.41, 5.74) is 0. The van der Waals surface area contributed by atoms with Gasteiger partial charge < -0.3 is 15.3 Å². The first kappa shape index (κ1) is 23.7. The predicted octanol–water partition coefficient (Wildman–Crippen LogP) is 2.66. The van der Waals surface area contributed by atoms with Crippen LogP contribution in [0.15, 0.2) is 40.7 Å². The van der Waals surface area contributed by atoms with Crippen molar-refractivity contribution in [2.75, 3.05) is 25.0 Å². The number of piperazine rings is 1. The third kappa shape index (κ3) is 5.53. The predicted molar refractivity (Wildman–Crippen MR) is 124 cm³/mol. The zero-order valence-electron chi connectivity index (χ0n) is 18.2. The van der Waals surface area contributed by atoms with E-state index in [1.807, 2.05) is 0 Å². The third-order valence-electron chi connectivity index (χ3n) is 6.32. The number of carbonyl (C=O) groups excluding carboxylic acids is 2. The molecule has 1 aliphatic heterocycles. The van der Waals surface area contributed by atoms with E-state index in [0.717, 1.165) is 30.0 Å². The summed E-state index contributed by atoms with van der Waals surface area (Å²) in [5, 5.41) is 14.5. The monoisotopic (exact) mass is 492 g/mol. The summed E-state index contributed by atoms with van der Waals surface area (Å²) < 4.78 is 27.1. The summed E-state index contributed by atoms with van der Waals surface area (Å²) in [7, 11) is -3.88. The Morgan fingerprint density at radius 1 is 1.18 bits per heavy atom. The molecule has 1 aliphatic carbocycles. The van der Waals surface area contributed by atoms with Gasteiger partial charge in [0.1, 0.15) is 11.8 Å². The lowest BCUT2D eigenvalue weighted by atomic mass is 9.84. The van der Waals surface area contributed by atoms with Gasteiger partial charge in [0.05, 0.1) is 11.4 Å². The van der Waals surface area contributed by atoms with Crippen molar-refractivity contribution in [1.29, 1.82) is 0 Å². The zero-order chi connectivity index (χ0) is 23.4. The lowest BCUT2D eigenvalue weighted by Crippen LogP contribution is -2.58. The van der Waals surface area contributed by atoms with Gasteiger partial charge in [0.15, 0.2) is 5.13 Å². The minimum atomic E-state index is -3.88. The molecule has 11 heteroatoms. The fraction of sp³-hybridized carbons (Fsp3) is 0.500. The zero-order valence-corrected chi connectivity index (χ0v) is 19.9. The molecule has 1 aromatic carbocycles. The van der Waals surface area contributed by atoms with Gasteiger partial charge in [-0.3, -0.25) is 9.59 Å². The summed E-state index contributed by atoms with van der Waals surface area (Å²) in [6, 6.07) is 4.56. The Kier molecular flexibility index (Phi) is 7.30. The van der Waals surface area contributed by atoms with Gasteiger partial charge in [-0.05, 0) is 36.6 Å². The summed E-state index contributed by atoms with van der Waals surface area (Å²) >= 11 is 1.31. The maximum atomic E-state index is 13.2. The Morgan fingerprint density at radius 3 is 2.55 bits per heavy atom. The molecule has 0 spiro atoms. The van der Waals surface area contributed by atoms with Crippen LogP contribution < -0.4 is 5.32 Å². The summed E-state index contributed by atoms with van der Waals surface area (Å²) in [6.45, 7) is -0.0889. The standard InChI is InChI=1S/C22H28N4O5S2/c27-17-6-8-18(9-7-17)33(30,31)25-11-12-26(20(28)15-25)19(14-16-4-2-1-3-5-16)21(29)24-22-23-10-13-32-22/h6-10,13,16,19,27H,1-5,11-12,14-15H2,(H,23,24,29)/t19-/m0/s1. The molecule has 4 rings (SSSR count). The molecule has 0 unspecified atom stereocenters. The van der Waals surface area contributed by atoms with Crippen LogP contribution in [0.1, 0.15) is 38.5 Å². The number of hydrogen-bond acceptors (Lipinski definition) is 7. The fourth-order valence-corrected chi connectivity index (χ4v) is 6.47. The number of phenolic OH excluding ortho intramolecular Hbond substituents is 1. The number of benzene rings is 1. The van der Waals surface area contributed by atoms with Gasteiger partial charge in [0, 0.05) is 24.7 Å². The van der Waals surface area contributed by atoms with Crippen molar-refractivity contribution in [3.8, 4) is 5.75 Å². The van der Waals surface area contributed by atoms with Crippen molar-refractivity contribution in [1.82, 2.24) is 14.2 Å². The second-order valence-corrected chi connectivity index (χ2v) is 11.3. The number of nitrogens with one attached hydrogen (secondary N) is 1. The number of thiazole rings is 1. The first-order valence-corrected chi connectivity index (χ1v) is 13.5. The largest absolute Gasteiger partial charge is 0.508 e. The van der Waals surface area contributed by atoms with Gasteiger partial charge in [-0.2, -0.15) is 4.31 Å². The number of phenols is 1. The highest BCUT2D eigenvalue weighted by molar-refractivity contribution is 7.89. The Morgan fingerprint density at radius 2 is 1.91 bits per heavy atom. The minimum absolute atomic E-state index is 0.0156. The van der Waals surface area contributed by atoms with E-state index in [4.69, 9.17) is 0 Å². The van der Waals surface area contributed by atoms with Gasteiger partial charge in [-0.1, -0.05) is 32.1 Å². The number of amides is 2. The number of sulfonamides is 1. The molecule has 2 N–H and O–H groups in total. The molecule has 2 heterocycles. The van der Waals surface area contributed by atoms with Gasteiger partial charge in [0.2, 0.25) is 21.8 Å². The first-order chi connectivity index (χ1) is 15.8. The average Bonchev–Trinajstić information content (AvgIpc) is 3.31. The van der Waals surface area contributed by atoms with E-state index < -0.39 is 22.0 Å². The Labute approximate surface area is 197 Å². The van der Waals surface area contributed by atoms with Crippen molar-refractivity contribution in [2.45, 2.75) is 49.5 Å². The molecule has 33 heavy (non-hydrogen) atoms. The minimum Gasteiger partial charge on any atom is -0.508 e. The van der Waals surface area contributed by atoms with Crippen molar-refractivity contribution in [3.05, 3.63) is 35.8 Å². The molecule has 0 bridgehead atoms. The highest BCUT2D eigenvalue weighted by Crippen LogP contribution is 2.30. The first-order valence-electron chi connectivity index (χ1n) is 11.1. The van der Waals surface area contributed by atoms with Crippen LogP contribution in [-0.4, -0.2) is 65.2 Å². The topological polar surface area (TPSA) is 120 Å². The van der Waals surface area contributed by atoms with E-state index in [1.54, 1.807) is 11.6 Å². The number of anilines is 1. The number of carbonyl (C=O) groups is 2. The lowest BCUT2D eigenvalue weighted by molar-refractivity contribution is -0.142. The van der Waals surface area contributed by atoms with Crippen LogP contribution in [0.25, 0.3) is 0 Å². The fourth-order valence-electron chi connectivity index (χ4n) is 4.55. The normalized spacial score (nSPS) is 19.4. The molecule has 1 saturated heterocycles. The molecule has 9 nitrogen and oxygen atoms in total. The number of nitrogens with zero attached hydrogens (tertiary/aromatic N) is 3. The van der Waals surface area contributed by atoms with Crippen molar-refractivity contribution in [3.63, 3.8) is 0 Å². The SMILES string of the molecule is O=C(Nc1nccs1)[C@H](CC1CCCCC1)N1CCN(S(=O)(=O)c2ccc(O)cc2)CC1=O. The van der Waals surface area contributed by atoms with E-state index in [1.165, 1.54) is 46.9 Å². The average molecular weight is 493 g/mol. The van der Waals surface area contributed by atoms with E-state index in [2.05, 4.69) is 10.3 Å². The van der Waals surface area contributed by atoms with Crippen LogP contribution in [0.3, 0.4) is 0 Å². The van der Waals surface area contributed by atoms with Gasteiger partial charge >= 0.3 is 0 Å². The van der Waals surface area contributed by atoms with Crippen LogP contribution >= 0.6 is 11.3 Å². The lowest BCUT2D eigenvalue weighted by Gasteiger charge is -2.39. The van der Waals surface area contributed by atoms with Crippen LogP contribution in [0, 0.1) is 5.92 Å². The molecule has 2 amide bonds. The summed E-state index contributed by atoms with van der Waals surface area (Å²) in [5.74, 6) is -0.346. The molecule has 1 atom stereocenters. The molecule has 2 fully saturated rings. The van der Waals surface area contributed by atoms with Crippen LogP contribution in [0.2, 0.25) is 0 Å². The van der Waals surface area contributed by atoms with E-state index in [-0.39, 0.29) is 36.2 Å². The van der Waals surface area contributed by atoms with Gasteiger partial charge in [-0.25, -0.2) is 13.4 Å². The molecule has 1 saturated carbocycles. The maximum Gasteiger partial charge on any atom is 0.248 e. The molecular formula is C22H28N4O5S2. The highest BCUT2D eigenvalue weighted by atomic mass is 32.2. The number of aromatic hydroxyl groups is 1. The second kappa shape index (κ2) is 10.2. The molecule has 2 aromatic rings. The summed E-state index contributed by atoms with van der Waals surface area (Å²) in [6.07, 6.45) is 7.67. The molecule has 2 aliphatic rings. The molecule has 0 radical (unpaired) electrons. The second-order valence-electron chi connectivity index (χ2n) is 8.50. The summed E-state index contributed by atoms with van der Waals surface area (Å²) in [4.78, 5) is 31.9. The van der Waals surface area contributed by atoms with Crippen LogP contribution in [0.5, 0.6) is 5.75 Å². The Hall–Kier alpha value is -2.50. The Bertz CT molecular complexity index is 1070. The maximum absolute atomic E-state index is 13.2. The third-order valence-corrected chi connectivity index (χ3v) is 8.87. The smallest absolute Gasteiger partial charge is 0.248 e. The van der Waals surface area contributed by atoms with Crippen molar-refractivity contribution < 1.29 is 23.1 Å². The quantitative estimate of drug-likeness (QED) is 0.613. The number of aromatic nitrogens is 1. The molecule has 178 valence electrons. The Balaban J connectivity index is 1.49. The molecule has 1 aromatic heterocycles. The van der Waals surface area contributed by atoms with Crippen molar-refractivity contribution in [2.24, 2.45) is 5.92 Å². The number of hydrogen-bond donors (Lipinski definition) is 2. The van der Waals surface area contributed by atoms with Gasteiger partial charge in [0.25, 0.3) is 0 Å².